The predicted molar refractivity (Wildman–Crippen MR) is 128 cm³/mol. The van der Waals surface area contributed by atoms with Crippen molar-refractivity contribution in [3.63, 3.8) is 0 Å². The number of carboxylic acid groups (broad SMARTS) is 3. The number of anilines is 1. The molecule has 14 nitrogen and oxygen atoms in total. The molecule has 37 heavy (non-hydrogen) atoms. The van der Waals surface area contributed by atoms with Gasteiger partial charge in [-0.3, -0.25) is 19.6 Å². The molecular formula is C23H32N4O10. The topological polar surface area (TPSA) is 223 Å². The number of hydrogen-bond donors (Lipinski definition) is 7. The van der Waals surface area contributed by atoms with Gasteiger partial charge in [0.05, 0.1) is 0 Å². The summed E-state index contributed by atoms with van der Waals surface area (Å²) in [4.78, 5) is 69.4. The van der Waals surface area contributed by atoms with Gasteiger partial charge in [0.1, 0.15) is 6.04 Å². The van der Waals surface area contributed by atoms with E-state index in [-0.39, 0.29) is 42.2 Å². The molecule has 0 saturated carbocycles. The third kappa shape index (κ3) is 10.9. The van der Waals surface area contributed by atoms with E-state index >= 15 is 0 Å². The second kappa shape index (κ2) is 15.0. The molecule has 0 fully saturated rings. The van der Waals surface area contributed by atoms with E-state index in [1.165, 1.54) is 0 Å². The Hall–Kier alpha value is -4.20. The van der Waals surface area contributed by atoms with E-state index < -0.39 is 48.9 Å². The summed E-state index contributed by atoms with van der Waals surface area (Å²) in [5, 5.41) is 44.1. The quantitative estimate of drug-likeness (QED) is 0.0990. The van der Waals surface area contributed by atoms with Crippen molar-refractivity contribution in [1.82, 2.24) is 15.7 Å². The molecule has 0 aliphatic carbocycles. The van der Waals surface area contributed by atoms with E-state index in [4.69, 9.17) is 10.2 Å². The van der Waals surface area contributed by atoms with Gasteiger partial charge in [-0.15, -0.1) is 0 Å². The number of carbonyl (C=O) groups excluding carboxylic acids is 3. The number of hydroxylamine groups is 2. The SMILES string of the molecule is CC(C)C(=O)Nc1ccc(C(=O)NCCCC[C@H](NC(=O)N(O)[C@@H](CCC(=O)O)C(=O)O)C(=O)O)cc1. The fraction of sp³-hybridized carbons (Fsp3) is 0.478. The molecule has 1 aromatic rings. The van der Waals surface area contributed by atoms with E-state index in [1.54, 1.807) is 38.1 Å². The molecule has 1 rings (SSSR count). The van der Waals surface area contributed by atoms with Gasteiger partial charge in [-0.1, -0.05) is 13.8 Å². The van der Waals surface area contributed by atoms with Crippen molar-refractivity contribution in [3.8, 4) is 0 Å². The highest BCUT2D eigenvalue weighted by Crippen LogP contribution is 2.12. The summed E-state index contributed by atoms with van der Waals surface area (Å²) < 4.78 is 0. The smallest absolute Gasteiger partial charge is 0.342 e. The third-order valence-electron chi connectivity index (χ3n) is 5.16. The summed E-state index contributed by atoms with van der Waals surface area (Å²) in [6, 6.07) is 1.55. The molecule has 0 aromatic heterocycles. The molecule has 4 amide bonds. The number of nitrogens with zero attached hydrogens (tertiary/aromatic N) is 1. The summed E-state index contributed by atoms with van der Waals surface area (Å²) in [6.07, 6.45) is -0.685. The molecule has 0 radical (unpaired) electrons. The number of aliphatic carboxylic acids is 3. The molecule has 7 N–H and O–H groups in total. The van der Waals surface area contributed by atoms with Gasteiger partial charge in [0, 0.05) is 30.1 Å². The molecule has 1 aromatic carbocycles. The summed E-state index contributed by atoms with van der Waals surface area (Å²) in [5.41, 5.74) is 0.909. The summed E-state index contributed by atoms with van der Waals surface area (Å²) >= 11 is 0. The largest absolute Gasteiger partial charge is 0.481 e. The molecule has 0 unspecified atom stereocenters. The fourth-order valence-corrected chi connectivity index (χ4v) is 2.99. The average Bonchev–Trinajstić information content (AvgIpc) is 2.82. The number of carbonyl (C=O) groups is 6. The highest BCUT2D eigenvalue weighted by molar-refractivity contribution is 5.96. The van der Waals surface area contributed by atoms with Crippen LogP contribution in [-0.4, -0.2) is 80.0 Å². The van der Waals surface area contributed by atoms with Crippen LogP contribution in [0.4, 0.5) is 10.5 Å². The lowest BCUT2D eigenvalue weighted by Gasteiger charge is -2.24. The molecule has 0 heterocycles. The molecule has 0 aliphatic rings. The van der Waals surface area contributed by atoms with Crippen molar-refractivity contribution in [2.45, 2.75) is 58.0 Å². The Bertz CT molecular complexity index is 980. The second-order valence-corrected chi connectivity index (χ2v) is 8.44. The molecule has 2 atom stereocenters. The number of hydrogen-bond acceptors (Lipinski definition) is 7. The maximum absolute atomic E-state index is 12.3. The third-order valence-corrected chi connectivity index (χ3v) is 5.16. The number of urea groups is 1. The van der Waals surface area contributed by atoms with Crippen molar-refractivity contribution >= 4 is 41.4 Å². The zero-order valence-electron chi connectivity index (χ0n) is 20.5. The normalized spacial score (nSPS) is 12.2. The first-order valence-electron chi connectivity index (χ1n) is 11.5. The van der Waals surface area contributed by atoms with Crippen LogP contribution in [0.2, 0.25) is 0 Å². The minimum atomic E-state index is -1.87. The van der Waals surface area contributed by atoms with Crippen molar-refractivity contribution in [1.29, 1.82) is 0 Å². The van der Waals surface area contributed by atoms with Crippen molar-refractivity contribution in [3.05, 3.63) is 29.8 Å². The molecule has 204 valence electrons. The average molecular weight is 525 g/mol. The van der Waals surface area contributed by atoms with E-state index in [2.05, 4.69) is 10.6 Å². The molecule has 0 aliphatic heterocycles. The van der Waals surface area contributed by atoms with Gasteiger partial charge in [-0.05, 0) is 49.9 Å². The lowest BCUT2D eigenvalue weighted by molar-refractivity contribution is -0.158. The Morgan fingerprint density at radius 1 is 0.892 bits per heavy atom. The van der Waals surface area contributed by atoms with Crippen LogP contribution in [0, 0.1) is 5.92 Å². The number of benzene rings is 1. The van der Waals surface area contributed by atoms with Gasteiger partial charge >= 0.3 is 23.9 Å². The first-order chi connectivity index (χ1) is 17.3. The fourth-order valence-electron chi connectivity index (χ4n) is 2.99. The van der Waals surface area contributed by atoms with Crippen LogP contribution >= 0.6 is 0 Å². The lowest BCUT2D eigenvalue weighted by atomic mass is 10.1. The zero-order chi connectivity index (χ0) is 28.1. The number of unbranched alkanes of at least 4 members (excludes halogenated alkanes) is 1. The second-order valence-electron chi connectivity index (χ2n) is 8.44. The summed E-state index contributed by atoms with van der Waals surface area (Å²) in [6.45, 7) is 3.71. The molecule has 0 bridgehead atoms. The minimum Gasteiger partial charge on any atom is -0.481 e. The standard InChI is InChI=1S/C23H32N4O10/c1-13(2)19(30)25-15-8-6-14(7-9-15)20(31)24-12-4-3-5-16(21(32)33)26-23(36)27(37)17(22(34)35)10-11-18(28)29/h6-9,13,16-17,37H,3-5,10-12H2,1-2H3,(H,24,31)(H,25,30)(H,26,36)(H,28,29)(H,32,33)(H,34,35)/t16-,17-/m0/s1. The Labute approximate surface area is 212 Å². The summed E-state index contributed by atoms with van der Waals surface area (Å²) in [5.74, 6) is -5.13. The van der Waals surface area contributed by atoms with E-state index in [0.717, 1.165) is 0 Å². The van der Waals surface area contributed by atoms with Gasteiger partial charge < -0.3 is 31.3 Å². The lowest BCUT2D eigenvalue weighted by Crippen LogP contribution is -2.52. The Morgan fingerprint density at radius 2 is 1.51 bits per heavy atom. The van der Waals surface area contributed by atoms with Gasteiger partial charge in [0.15, 0.2) is 6.04 Å². The minimum absolute atomic E-state index is 0.0815. The molecule has 0 saturated heterocycles. The van der Waals surface area contributed by atoms with Crippen LogP contribution in [-0.2, 0) is 19.2 Å². The molecule has 0 spiro atoms. The van der Waals surface area contributed by atoms with Crippen molar-refractivity contribution in [2.24, 2.45) is 5.92 Å². The van der Waals surface area contributed by atoms with Gasteiger partial charge in [-0.2, -0.15) is 5.06 Å². The number of rotatable bonds is 15. The molecule has 14 heteroatoms. The van der Waals surface area contributed by atoms with Crippen LogP contribution in [0.5, 0.6) is 0 Å². The van der Waals surface area contributed by atoms with E-state index in [9.17, 15) is 39.1 Å². The van der Waals surface area contributed by atoms with Crippen LogP contribution < -0.4 is 16.0 Å². The highest BCUT2D eigenvalue weighted by atomic mass is 16.5. The monoisotopic (exact) mass is 524 g/mol. The van der Waals surface area contributed by atoms with E-state index in [1.807, 2.05) is 5.32 Å². The summed E-state index contributed by atoms with van der Waals surface area (Å²) in [7, 11) is 0. The van der Waals surface area contributed by atoms with Gasteiger partial charge in [0.25, 0.3) is 5.91 Å². The highest BCUT2D eigenvalue weighted by Gasteiger charge is 2.31. The number of amides is 4. The van der Waals surface area contributed by atoms with Crippen LogP contribution in [0.3, 0.4) is 0 Å². The van der Waals surface area contributed by atoms with Crippen LogP contribution in [0.1, 0.15) is 56.3 Å². The Kier molecular flexibility index (Phi) is 12.5. The zero-order valence-corrected chi connectivity index (χ0v) is 20.5. The Balaban J connectivity index is 2.51. The number of nitrogens with one attached hydrogen (secondary N) is 3. The maximum Gasteiger partial charge on any atom is 0.342 e. The van der Waals surface area contributed by atoms with Crippen LogP contribution in [0.15, 0.2) is 24.3 Å². The van der Waals surface area contributed by atoms with E-state index in [0.29, 0.717) is 17.7 Å². The first kappa shape index (κ1) is 30.8. The Morgan fingerprint density at radius 3 is 2.03 bits per heavy atom. The molecular weight excluding hydrogens is 492 g/mol. The predicted octanol–water partition coefficient (Wildman–Crippen LogP) is 1.35. The van der Waals surface area contributed by atoms with Crippen LogP contribution in [0.25, 0.3) is 0 Å². The van der Waals surface area contributed by atoms with Gasteiger partial charge in [-0.25, -0.2) is 14.4 Å². The van der Waals surface area contributed by atoms with Crippen molar-refractivity contribution in [2.75, 3.05) is 11.9 Å². The maximum atomic E-state index is 12.3. The number of carboxylic acids is 3. The van der Waals surface area contributed by atoms with Crippen molar-refractivity contribution < 1.29 is 49.3 Å². The van der Waals surface area contributed by atoms with Gasteiger partial charge in [0.2, 0.25) is 5.91 Å². The first-order valence-corrected chi connectivity index (χ1v) is 11.5.